The van der Waals surface area contributed by atoms with E-state index in [4.69, 9.17) is 10.2 Å². The van der Waals surface area contributed by atoms with Crippen molar-refractivity contribution < 1.29 is 17.2 Å². The number of hydrogen-bond acceptors (Lipinski definition) is 6. The van der Waals surface area contributed by atoms with E-state index in [1.165, 1.54) is 23.5 Å². The van der Waals surface area contributed by atoms with Crippen LogP contribution in [0.15, 0.2) is 45.5 Å². The number of benzene rings is 1. The van der Waals surface area contributed by atoms with Crippen molar-refractivity contribution in [1.29, 1.82) is 0 Å². The summed E-state index contributed by atoms with van der Waals surface area (Å²) < 4.78 is 41.0. The van der Waals surface area contributed by atoms with Crippen molar-refractivity contribution in [3.8, 4) is 22.8 Å². The fraction of sp³-hybridized carbons (Fsp3) is 0.188. The van der Waals surface area contributed by atoms with Crippen LogP contribution in [0.25, 0.3) is 22.8 Å². The van der Waals surface area contributed by atoms with Gasteiger partial charge in [-0.2, -0.15) is 11.3 Å². The molecule has 2 N–H and O–H groups in total. The molecular formula is C16H16FN2NaO3S2. The molecule has 1 aromatic carbocycles. The maximum absolute atomic E-state index is 13.4. The molecule has 0 bridgehead atoms. The number of rotatable bonds is 6. The maximum atomic E-state index is 13.4. The fourth-order valence-corrected chi connectivity index (χ4v) is 3.51. The van der Waals surface area contributed by atoms with Crippen molar-refractivity contribution in [1.82, 2.24) is 4.98 Å². The molecule has 0 aliphatic rings. The molecule has 9 heteroatoms. The summed E-state index contributed by atoms with van der Waals surface area (Å²) in [7, 11) is -2.56. The van der Waals surface area contributed by atoms with Crippen molar-refractivity contribution in [3.63, 3.8) is 0 Å². The molecule has 0 amide bonds. The average Bonchev–Trinajstić information content (AvgIpc) is 3.15. The minimum atomic E-state index is -2.56. The standard InChI is InChI=1S/C16H15FN2O3S2.Na.H/c17-12-3-1-2-10(6-12)16-19-14(7-13(18)9-24(20)21)15(22-16)11-4-5-23-8-11;;/h1-6,8,13,24H,7,9,18H2;;. The Labute approximate surface area is 172 Å². The Bertz CT molecular complexity index is 902. The Morgan fingerprint density at radius 3 is 2.72 bits per heavy atom. The van der Waals surface area contributed by atoms with E-state index in [1.54, 1.807) is 12.1 Å². The normalized spacial score (nSPS) is 12.1. The van der Waals surface area contributed by atoms with E-state index < -0.39 is 16.7 Å². The molecule has 1 unspecified atom stereocenters. The molecule has 0 aliphatic carbocycles. The second kappa shape index (κ2) is 9.07. The molecule has 0 spiro atoms. The summed E-state index contributed by atoms with van der Waals surface area (Å²) in [6.45, 7) is 0. The van der Waals surface area contributed by atoms with Crippen LogP contribution in [0.5, 0.6) is 0 Å². The third-order valence-electron chi connectivity index (χ3n) is 3.39. The van der Waals surface area contributed by atoms with E-state index in [1.807, 2.05) is 16.8 Å². The first-order chi connectivity index (χ1) is 11.5. The summed E-state index contributed by atoms with van der Waals surface area (Å²) in [6, 6.07) is 7.25. The SMILES string of the molecule is NC(Cc1nc(-c2cccc(F)c2)oc1-c1ccsc1)C[SH](=O)=O.[NaH]. The molecule has 0 saturated heterocycles. The third kappa shape index (κ3) is 5.22. The number of halogens is 1. The number of nitrogens with two attached hydrogens (primary N) is 1. The van der Waals surface area contributed by atoms with E-state index in [9.17, 15) is 12.8 Å². The summed E-state index contributed by atoms with van der Waals surface area (Å²) in [5, 5.41) is 3.80. The zero-order valence-corrected chi connectivity index (χ0v) is 14.2. The van der Waals surface area contributed by atoms with E-state index in [0.29, 0.717) is 17.0 Å². The molecule has 25 heavy (non-hydrogen) atoms. The van der Waals surface area contributed by atoms with Gasteiger partial charge >= 0.3 is 29.6 Å². The van der Waals surface area contributed by atoms with Crippen molar-refractivity contribution in [2.24, 2.45) is 5.73 Å². The number of thiophene rings is 1. The minimum absolute atomic E-state index is 0. The van der Waals surface area contributed by atoms with Gasteiger partial charge in [0.15, 0.2) is 5.76 Å². The van der Waals surface area contributed by atoms with Gasteiger partial charge in [0.1, 0.15) is 16.5 Å². The van der Waals surface area contributed by atoms with Gasteiger partial charge in [-0.15, -0.1) is 0 Å². The Balaban J connectivity index is 0.00000225. The predicted molar refractivity (Wildman–Crippen MR) is 99.2 cm³/mol. The van der Waals surface area contributed by atoms with Crippen molar-refractivity contribution in [2.45, 2.75) is 12.5 Å². The molecule has 3 rings (SSSR count). The monoisotopic (exact) mass is 390 g/mol. The first-order valence-electron chi connectivity index (χ1n) is 7.18. The molecule has 3 aromatic rings. The summed E-state index contributed by atoms with van der Waals surface area (Å²) in [6.07, 6.45) is 0.257. The molecule has 128 valence electrons. The van der Waals surface area contributed by atoms with Gasteiger partial charge in [0, 0.05) is 29.0 Å². The van der Waals surface area contributed by atoms with E-state index in [-0.39, 0.29) is 53.4 Å². The summed E-state index contributed by atoms with van der Waals surface area (Å²) >= 11 is 1.50. The number of thiol groups is 1. The molecule has 2 heterocycles. The Morgan fingerprint density at radius 2 is 2.08 bits per heavy atom. The molecule has 2 aromatic heterocycles. The zero-order chi connectivity index (χ0) is 17.1. The van der Waals surface area contributed by atoms with Crippen LogP contribution in [0.2, 0.25) is 0 Å². The summed E-state index contributed by atoms with van der Waals surface area (Å²) in [5.74, 6) is 0.307. The van der Waals surface area contributed by atoms with Crippen molar-refractivity contribution in [3.05, 3.63) is 52.6 Å². The van der Waals surface area contributed by atoms with E-state index in [0.717, 1.165) is 5.56 Å². The van der Waals surface area contributed by atoms with Crippen LogP contribution in [0.3, 0.4) is 0 Å². The van der Waals surface area contributed by atoms with Gasteiger partial charge in [0.2, 0.25) is 5.89 Å². The quantitative estimate of drug-likeness (QED) is 0.497. The fourth-order valence-electron chi connectivity index (χ4n) is 2.36. The van der Waals surface area contributed by atoms with Gasteiger partial charge in [0.25, 0.3) is 0 Å². The number of nitrogens with zero attached hydrogens (tertiary/aromatic N) is 1. The Morgan fingerprint density at radius 1 is 1.28 bits per heavy atom. The van der Waals surface area contributed by atoms with Gasteiger partial charge in [-0.25, -0.2) is 17.8 Å². The second-order valence-electron chi connectivity index (χ2n) is 5.30. The van der Waals surface area contributed by atoms with Gasteiger partial charge < -0.3 is 10.2 Å². The molecule has 1 atom stereocenters. The van der Waals surface area contributed by atoms with Crippen molar-refractivity contribution in [2.75, 3.05) is 5.75 Å². The van der Waals surface area contributed by atoms with Gasteiger partial charge in [-0.05, 0) is 29.6 Å². The molecule has 0 saturated carbocycles. The first kappa shape index (κ1) is 20.3. The van der Waals surface area contributed by atoms with Crippen LogP contribution in [0.1, 0.15) is 5.69 Å². The molecular weight excluding hydrogens is 374 g/mol. The van der Waals surface area contributed by atoms with Crippen LogP contribution in [0, 0.1) is 5.82 Å². The summed E-state index contributed by atoms with van der Waals surface area (Å²) in [5.41, 5.74) is 7.80. The number of oxazole rings is 1. The average molecular weight is 390 g/mol. The third-order valence-corrected chi connectivity index (χ3v) is 4.84. The summed E-state index contributed by atoms with van der Waals surface area (Å²) in [4.78, 5) is 4.42. The van der Waals surface area contributed by atoms with Crippen LogP contribution in [0.4, 0.5) is 4.39 Å². The van der Waals surface area contributed by atoms with E-state index in [2.05, 4.69) is 4.98 Å². The number of aromatic nitrogens is 1. The van der Waals surface area contributed by atoms with Crippen LogP contribution in [-0.4, -0.2) is 54.8 Å². The predicted octanol–water partition coefficient (Wildman–Crippen LogP) is 2.04. The van der Waals surface area contributed by atoms with Crippen LogP contribution < -0.4 is 5.73 Å². The van der Waals surface area contributed by atoms with Crippen molar-refractivity contribution >= 4 is 51.6 Å². The van der Waals surface area contributed by atoms with Gasteiger partial charge in [-0.3, -0.25) is 0 Å². The zero-order valence-electron chi connectivity index (χ0n) is 12.5. The first-order valence-corrected chi connectivity index (χ1v) is 9.49. The van der Waals surface area contributed by atoms with Crippen LogP contribution >= 0.6 is 11.3 Å². The van der Waals surface area contributed by atoms with E-state index >= 15 is 0 Å². The molecule has 0 radical (unpaired) electrons. The topological polar surface area (TPSA) is 86.2 Å². The molecule has 0 aliphatic heterocycles. The second-order valence-corrected chi connectivity index (χ2v) is 7.11. The van der Waals surface area contributed by atoms with Gasteiger partial charge in [-0.1, -0.05) is 6.07 Å². The number of hydrogen-bond donors (Lipinski definition) is 2. The van der Waals surface area contributed by atoms with Crippen LogP contribution in [-0.2, 0) is 17.1 Å². The Hall–Kier alpha value is -1.03. The molecule has 0 fully saturated rings. The molecule has 5 nitrogen and oxygen atoms in total. The Kier molecular flexibility index (Phi) is 7.36. The van der Waals surface area contributed by atoms with Gasteiger partial charge in [0.05, 0.1) is 11.4 Å².